The predicted octanol–water partition coefficient (Wildman–Crippen LogP) is 2.42. The summed E-state index contributed by atoms with van der Waals surface area (Å²) in [4.78, 5) is 0. The van der Waals surface area contributed by atoms with E-state index in [1.54, 1.807) is 0 Å². The molecule has 2 heteroatoms. The Hall–Kier alpha value is -0.860. The molecule has 90 valence electrons. The summed E-state index contributed by atoms with van der Waals surface area (Å²) >= 11 is 0. The van der Waals surface area contributed by atoms with Gasteiger partial charge in [-0.05, 0) is 23.5 Å². The summed E-state index contributed by atoms with van der Waals surface area (Å²) in [7, 11) is 0. The zero-order valence-electron chi connectivity index (χ0n) is 10.9. The van der Waals surface area contributed by atoms with E-state index in [4.69, 9.17) is 5.73 Å². The lowest BCUT2D eigenvalue weighted by Gasteiger charge is -2.23. The molecule has 16 heavy (non-hydrogen) atoms. The standard InChI is InChI=1S/C14H24N2/c1-11(9-15)16-10-12-7-5-6-8-13(12)14(2,3)4/h5-8,11,16H,9-10,15H2,1-4H3/t11-/m0/s1. The lowest BCUT2D eigenvalue weighted by atomic mass is 9.84. The van der Waals surface area contributed by atoms with Crippen LogP contribution in [0.2, 0.25) is 0 Å². The van der Waals surface area contributed by atoms with Crippen LogP contribution in [0.25, 0.3) is 0 Å². The van der Waals surface area contributed by atoms with Crippen LogP contribution in [0, 0.1) is 0 Å². The predicted molar refractivity (Wildman–Crippen MR) is 70.5 cm³/mol. The summed E-state index contributed by atoms with van der Waals surface area (Å²) in [6.07, 6.45) is 0. The van der Waals surface area contributed by atoms with Gasteiger partial charge in [-0.3, -0.25) is 0 Å². The van der Waals surface area contributed by atoms with Gasteiger partial charge in [0.05, 0.1) is 0 Å². The molecule has 0 spiro atoms. The van der Waals surface area contributed by atoms with E-state index in [0.717, 1.165) is 6.54 Å². The van der Waals surface area contributed by atoms with Crippen molar-refractivity contribution in [3.63, 3.8) is 0 Å². The van der Waals surface area contributed by atoms with Crippen LogP contribution >= 0.6 is 0 Å². The van der Waals surface area contributed by atoms with Crippen LogP contribution in [0.1, 0.15) is 38.8 Å². The summed E-state index contributed by atoms with van der Waals surface area (Å²) in [5, 5.41) is 3.44. The average Bonchev–Trinajstić information content (AvgIpc) is 2.25. The van der Waals surface area contributed by atoms with E-state index in [9.17, 15) is 0 Å². The summed E-state index contributed by atoms with van der Waals surface area (Å²) in [6.45, 7) is 10.4. The Labute approximate surface area is 99.2 Å². The molecule has 0 aliphatic rings. The van der Waals surface area contributed by atoms with Gasteiger partial charge < -0.3 is 11.1 Å². The Balaban J connectivity index is 2.80. The van der Waals surface area contributed by atoms with Crippen molar-refractivity contribution in [2.75, 3.05) is 6.54 Å². The number of nitrogens with one attached hydrogen (secondary N) is 1. The molecule has 1 aromatic rings. The molecular formula is C14H24N2. The minimum absolute atomic E-state index is 0.199. The first-order valence-corrected chi connectivity index (χ1v) is 5.97. The number of benzene rings is 1. The normalized spacial score (nSPS) is 13.8. The maximum atomic E-state index is 5.60. The number of rotatable bonds is 4. The fourth-order valence-electron chi connectivity index (χ4n) is 1.77. The third-order valence-electron chi connectivity index (χ3n) is 2.82. The first kappa shape index (κ1) is 13.2. The van der Waals surface area contributed by atoms with Gasteiger partial charge in [-0.15, -0.1) is 0 Å². The largest absolute Gasteiger partial charge is 0.329 e. The minimum atomic E-state index is 0.199. The van der Waals surface area contributed by atoms with Gasteiger partial charge >= 0.3 is 0 Å². The van der Waals surface area contributed by atoms with Gasteiger partial charge in [-0.1, -0.05) is 45.0 Å². The third-order valence-corrected chi connectivity index (χ3v) is 2.82. The van der Waals surface area contributed by atoms with E-state index in [1.165, 1.54) is 11.1 Å². The quantitative estimate of drug-likeness (QED) is 0.818. The van der Waals surface area contributed by atoms with Crippen molar-refractivity contribution in [1.82, 2.24) is 5.32 Å². The lowest BCUT2D eigenvalue weighted by Crippen LogP contribution is -2.33. The molecule has 0 aromatic heterocycles. The second-order valence-corrected chi connectivity index (χ2v) is 5.42. The van der Waals surface area contributed by atoms with E-state index in [-0.39, 0.29) is 5.41 Å². The molecule has 0 aliphatic heterocycles. The Bertz CT molecular complexity index is 326. The van der Waals surface area contributed by atoms with Gasteiger partial charge in [-0.2, -0.15) is 0 Å². The molecule has 0 aliphatic carbocycles. The van der Waals surface area contributed by atoms with Gasteiger partial charge in [0.2, 0.25) is 0 Å². The van der Waals surface area contributed by atoms with Crippen LogP contribution in [0.4, 0.5) is 0 Å². The smallest absolute Gasteiger partial charge is 0.0211 e. The van der Waals surface area contributed by atoms with Crippen molar-refractivity contribution in [1.29, 1.82) is 0 Å². The lowest BCUT2D eigenvalue weighted by molar-refractivity contribution is 0.536. The molecule has 0 heterocycles. The molecule has 0 amide bonds. The number of hydrogen-bond donors (Lipinski definition) is 2. The van der Waals surface area contributed by atoms with Crippen molar-refractivity contribution in [2.24, 2.45) is 5.73 Å². The fraction of sp³-hybridized carbons (Fsp3) is 0.571. The maximum Gasteiger partial charge on any atom is 0.0211 e. The molecule has 1 aromatic carbocycles. The van der Waals surface area contributed by atoms with Gasteiger partial charge in [0.25, 0.3) is 0 Å². The van der Waals surface area contributed by atoms with Crippen molar-refractivity contribution < 1.29 is 0 Å². The Morgan fingerprint density at radius 1 is 1.25 bits per heavy atom. The first-order chi connectivity index (χ1) is 7.45. The zero-order chi connectivity index (χ0) is 12.2. The summed E-state index contributed by atoms with van der Waals surface area (Å²) in [5.41, 5.74) is 8.58. The van der Waals surface area contributed by atoms with Gasteiger partial charge in [0.1, 0.15) is 0 Å². The molecule has 1 atom stereocenters. The minimum Gasteiger partial charge on any atom is -0.329 e. The highest BCUT2D eigenvalue weighted by atomic mass is 14.9. The van der Waals surface area contributed by atoms with Crippen LogP contribution in [0.15, 0.2) is 24.3 Å². The second kappa shape index (κ2) is 5.46. The highest BCUT2D eigenvalue weighted by Gasteiger charge is 2.16. The second-order valence-electron chi connectivity index (χ2n) is 5.42. The number of nitrogens with two attached hydrogens (primary N) is 1. The SMILES string of the molecule is C[C@@H](CN)NCc1ccccc1C(C)(C)C. The fourth-order valence-corrected chi connectivity index (χ4v) is 1.77. The van der Waals surface area contributed by atoms with Crippen LogP contribution in [-0.2, 0) is 12.0 Å². The topological polar surface area (TPSA) is 38.0 Å². The molecule has 0 fully saturated rings. The molecule has 1 rings (SSSR count). The van der Waals surface area contributed by atoms with Crippen molar-refractivity contribution in [3.05, 3.63) is 35.4 Å². The monoisotopic (exact) mass is 220 g/mol. The van der Waals surface area contributed by atoms with Crippen LogP contribution in [-0.4, -0.2) is 12.6 Å². The Kier molecular flexibility index (Phi) is 4.51. The van der Waals surface area contributed by atoms with E-state index in [0.29, 0.717) is 12.6 Å². The zero-order valence-corrected chi connectivity index (χ0v) is 10.9. The van der Waals surface area contributed by atoms with E-state index >= 15 is 0 Å². The molecule has 3 N–H and O–H groups in total. The third kappa shape index (κ3) is 3.62. The van der Waals surface area contributed by atoms with E-state index < -0.39 is 0 Å². The van der Waals surface area contributed by atoms with Gasteiger partial charge in [-0.25, -0.2) is 0 Å². The molecule has 0 saturated heterocycles. The van der Waals surface area contributed by atoms with Crippen molar-refractivity contribution in [3.8, 4) is 0 Å². The highest BCUT2D eigenvalue weighted by Crippen LogP contribution is 2.25. The Morgan fingerprint density at radius 2 is 1.88 bits per heavy atom. The van der Waals surface area contributed by atoms with E-state index in [2.05, 4.69) is 57.3 Å². The Morgan fingerprint density at radius 3 is 2.44 bits per heavy atom. The van der Waals surface area contributed by atoms with Crippen molar-refractivity contribution >= 4 is 0 Å². The molecule has 2 nitrogen and oxygen atoms in total. The summed E-state index contributed by atoms with van der Waals surface area (Å²) < 4.78 is 0. The summed E-state index contributed by atoms with van der Waals surface area (Å²) in [6, 6.07) is 8.98. The average molecular weight is 220 g/mol. The van der Waals surface area contributed by atoms with Gasteiger partial charge in [0, 0.05) is 19.1 Å². The van der Waals surface area contributed by atoms with Gasteiger partial charge in [0.15, 0.2) is 0 Å². The highest BCUT2D eigenvalue weighted by molar-refractivity contribution is 5.32. The van der Waals surface area contributed by atoms with Crippen LogP contribution in [0.3, 0.4) is 0 Å². The maximum absolute atomic E-state index is 5.60. The molecule has 0 radical (unpaired) electrons. The summed E-state index contributed by atoms with van der Waals surface area (Å²) in [5.74, 6) is 0. The molecule has 0 bridgehead atoms. The molecule has 0 saturated carbocycles. The van der Waals surface area contributed by atoms with Crippen molar-refractivity contribution in [2.45, 2.75) is 45.7 Å². The van der Waals surface area contributed by atoms with Crippen LogP contribution < -0.4 is 11.1 Å². The number of hydrogen-bond acceptors (Lipinski definition) is 2. The van der Waals surface area contributed by atoms with Crippen LogP contribution in [0.5, 0.6) is 0 Å². The van der Waals surface area contributed by atoms with E-state index in [1.807, 2.05) is 0 Å². The molecular weight excluding hydrogens is 196 g/mol. The molecule has 0 unspecified atom stereocenters. The first-order valence-electron chi connectivity index (χ1n) is 5.97.